The Morgan fingerprint density at radius 2 is 1.65 bits per heavy atom. The summed E-state index contributed by atoms with van der Waals surface area (Å²) in [5.74, 6) is 0.897. The normalized spacial score (nSPS) is 14.2. The number of amides is 1. The van der Waals surface area contributed by atoms with Crippen LogP contribution in [0.4, 0.5) is 0 Å². The van der Waals surface area contributed by atoms with E-state index in [0.29, 0.717) is 31.7 Å². The number of ether oxygens (including phenoxy) is 2. The van der Waals surface area contributed by atoms with Crippen molar-refractivity contribution in [3.63, 3.8) is 0 Å². The minimum absolute atomic E-state index is 0.0186. The highest BCUT2D eigenvalue weighted by molar-refractivity contribution is 6.02. The molecule has 6 nitrogen and oxygen atoms in total. The van der Waals surface area contributed by atoms with Crippen molar-refractivity contribution in [2.45, 2.75) is 52.2 Å². The van der Waals surface area contributed by atoms with E-state index >= 15 is 0 Å². The zero-order chi connectivity index (χ0) is 28.1. The Hall–Kier alpha value is -4.19. The van der Waals surface area contributed by atoms with Crippen molar-refractivity contribution < 1.29 is 19.1 Å². The highest BCUT2D eigenvalue weighted by atomic mass is 16.6. The quantitative estimate of drug-likeness (QED) is 0.236. The Balaban J connectivity index is 1.26. The third-order valence-electron chi connectivity index (χ3n) is 7.20. The second-order valence-corrected chi connectivity index (χ2v) is 11.4. The van der Waals surface area contributed by atoms with Crippen molar-refractivity contribution in [2.75, 3.05) is 13.1 Å². The van der Waals surface area contributed by atoms with E-state index in [9.17, 15) is 9.59 Å². The van der Waals surface area contributed by atoms with E-state index in [1.807, 2.05) is 111 Å². The molecule has 4 aromatic rings. The number of esters is 1. The molecule has 0 atom stereocenters. The fourth-order valence-corrected chi connectivity index (χ4v) is 5.14. The number of rotatable bonds is 7. The molecule has 1 saturated heterocycles. The lowest BCUT2D eigenvalue weighted by Crippen LogP contribution is -2.39. The maximum absolute atomic E-state index is 13.4. The Morgan fingerprint density at radius 3 is 2.35 bits per heavy atom. The summed E-state index contributed by atoms with van der Waals surface area (Å²) in [6.45, 7) is 7.44. The first-order valence-corrected chi connectivity index (χ1v) is 13.9. The van der Waals surface area contributed by atoms with Gasteiger partial charge in [0, 0.05) is 48.4 Å². The van der Waals surface area contributed by atoms with E-state index in [1.165, 1.54) is 0 Å². The van der Waals surface area contributed by atoms with Gasteiger partial charge in [0.2, 0.25) is 0 Å². The first kappa shape index (κ1) is 27.4. The predicted molar refractivity (Wildman–Crippen MR) is 157 cm³/mol. The fourth-order valence-electron chi connectivity index (χ4n) is 5.14. The number of pyridine rings is 1. The van der Waals surface area contributed by atoms with Gasteiger partial charge in [-0.15, -0.1) is 0 Å². The molecule has 1 aliphatic rings. The van der Waals surface area contributed by atoms with Crippen molar-refractivity contribution in [1.29, 1.82) is 0 Å². The SMILES string of the molecule is CC(C)(C)OC(=O)CC1CCN(C(=O)c2ccc3cncc(-c4ccc(OCc5ccccc5)cc4)c3c2)CC1. The van der Waals surface area contributed by atoms with Crippen LogP contribution in [-0.2, 0) is 16.1 Å². The number of carbonyl (C=O) groups excluding carboxylic acids is 2. The summed E-state index contributed by atoms with van der Waals surface area (Å²) < 4.78 is 11.4. The van der Waals surface area contributed by atoms with Crippen LogP contribution in [0, 0.1) is 5.92 Å². The Morgan fingerprint density at radius 1 is 0.925 bits per heavy atom. The molecule has 3 aromatic carbocycles. The van der Waals surface area contributed by atoms with Gasteiger partial charge in [0.1, 0.15) is 18.0 Å². The first-order chi connectivity index (χ1) is 19.2. The summed E-state index contributed by atoms with van der Waals surface area (Å²) in [6.07, 6.45) is 5.67. The predicted octanol–water partition coefficient (Wildman–Crippen LogP) is 7.06. The van der Waals surface area contributed by atoms with E-state index in [-0.39, 0.29) is 17.8 Å². The minimum atomic E-state index is -0.476. The average Bonchev–Trinajstić information content (AvgIpc) is 2.95. The smallest absolute Gasteiger partial charge is 0.306 e. The van der Waals surface area contributed by atoms with Crippen LogP contribution in [0.3, 0.4) is 0 Å². The van der Waals surface area contributed by atoms with Crippen LogP contribution in [0.1, 0.15) is 56.0 Å². The van der Waals surface area contributed by atoms with Crippen LogP contribution >= 0.6 is 0 Å². The van der Waals surface area contributed by atoms with Gasteiger partial charge >= 0.3 is 5.97 Å². The fraction of sp³-hybridized carbons (Fsp3) is 0.324. The molecule has 5 rings (SSSR count). The minimum Gasteiger partial charge on any atom is -0.489 e. The molecule has 0 N–H and O–H groups in total. The van der Waals surface area contributed by atoms with Crippen LogP contribution < -0.4 is 4.74 Å². The van der Waals surface area contributed by atoms with E-state index < -0.39 is 5.60 Å². The van der Waals surface area contributed by atoms with E-state index in [0.717, 1.165) is 46.1 Å². The van der Waals surface area contributed by atoms with Crippen LogP contribution in [0.15, 0.2) is 85.2 Å². The Bertz CT molecular complexity index is 1470. The molecule has 0 bridgehead atoms. The molecule has 0 spiro atoms. The van der Waals surface area contributed by atoms with Crippen LogP contribution in [0.25, 0.3) is 21.9 Å². The number of hydrogen-bond acceptors (Lipinski definition) is 5. The topological polar surface area (TPSA) is 68.7 Å². The zero-order valence-electron chi connectivity index (χ0n) is 23.4. The molecule has 2 heterocycles. The van der Waals surface area contributed by atoms with Crippen LogP contribution in [0.5, 0.6) is 5.75 Å². The summed E-state index contributed by atoms with van der Waals surface area (Å²) >= 11 is 0. The van der Waals surface area contributed by atoms with Gasteiger partial charge in [0.05, 0.1) is 0 Å². The number of nitrogens with zero attached hydrogens (tertiary/aromatic N) is 2. The molecule has 6 heteroatoms. The molecule has 0 saturated carbocycles. The van der Waals surface area contributed by atoms with Gasteiger partial charge < -0.3 is 14.4 Å². The number of carbonyl (C=O) groups is 2. The maximum atomic E-state index is 13.4. The Kier molecular flexibility index (Phi) is 8.15. The van der Waals surface area contributed by atoms with Crippen molar-refractivity contribution in [2.24, 2.45) is 5.92 Å². The summed E-state index contributed by atoms with van der Waals surface area (Å²) in [5.41, 5.74) is 3.29. The first-order valence-electron chi connectivity index (χ1n) is 13.9. The summed E-state index contributed by atoms with van der Waals surface area (Å²) in [7, 11) is 0. The highest BCUT2D eigenvalue weighted by Crippen LogP contribution is 2.31. The monoisotopic (exact) mass is 536 g/mol. The Labute approximate surface area is 235 Å². The third-order valence-corrected chi connectivity index (χ3v) is 7.20. The van der Waals surface area contributed by atoms with Crippen molar-refractivity contribution in [3.05, 3.63) is 96.3 Å². The van der Waals surface area contributed by atoms with Gasteiger partial charge in [-0.3, -0.25) is 14.6 Å². The number of hydrogen-bond donors (Lipinski definition) is 0. The lowest BCUT2D eigenvalue weighted by atomic mass is 9.93. The molecule has 0 unspecified atom stereocenters. The third kappa shape index (κ3) is 6.87. The van der Waals surface area contributed by atoms with Gasteiger partial charge in [0.15, 0.2) is 0 Å². The second-order valence-electron chi connectivity index (χ2n) is 11.4. The molecule has 0 radical (unpaired) electrons. The molecule has 40 heavy (non-hydrogen) atoms. The molecule has 206 valence electrons. The van der Waals surface area contributed by atoms with E-state index in [2.05, 4.69) is 4.98 Å². The number of benzene rings is 3. The van der Waals surface area contributed by atoms with Gasteiger partial charge in [-0.1, -0.05) is 48.5 Å². The molecule has 1 aromatic heterocycles. The lowest BCUT2D eigenvalue weighted by molar-refractivity contribution is -0.156. The van der Waals surface area contributed by atoms with Crippen molar-refractivity contribution in [3.8, 4) is 16.9 Å². The van der Waals surface area contributed by atoms with Gasteiger partial charge in [-0.05, 0) is 80.3 Å². The molecule has 1 aliphatic heterocycles. The molecule has 1 fully saturated rings. The second kappa shape index (κ2) is 11.9. The van der Waals surface area contributed by atoms with Crippen molar-refractivity contribution >= 4 is 22.6 Å². The van der Waals surface area contributed by atoms with Crippen molar-refractivity contribution in [1.82, 2.24) is 9.88 Å². The van der Waals surface area contributed by atoms with Gasteiger partial charge in [-0.25, -0.2) is 0 Å². The highest BCUT2D eigenvalue weighted by Gasteiger charge is 2.27. The number of piperidine rings is 1. The van der Waals surface area contributed by atoms with E-state index in [4.69, 9.17) is 9.47 Å². The van der Waals surface area contributed by atoms with Gasteiger partial charge in [-0.2, -0.15) is 0 Å². The van der Waals surface area contributed by atoms with Crippen LogP contribution in [-0.4, -0.2) is 40.5 Å². The standard InChI is InChI=1S/C34H36N2O4/c1-34(2,3)40-32(37)19-24-15-17-36(18-16-24)33(38)27-9-10-28-21-35-22-31(30(28)20-27)26-11-13-29(14-12-26)39-23-25-7-5-4-6-8-25/h4-14,20-22,24H,15-19,23H2,1-3H3. The number of likely N-dealkylation sites (tertiary alicyclic amines) is 1. The average molecular weight is 537 g/mol. The lowest BCUT2D eigenvalue weighted by Gasteiger charge is -2.32. The number of aromatic nitrogens is 1. The zero-order valence-corrected chi connectivity index (χ0v) is 23.4. The number of fused-ring (bicyclic) bond motifs is 1. The molecular weight excluding hydrogens is 500 g/mol. The largest absolute Gasteiger partial charge is 0.489 e. The molecular formula is C34H36N2O4. The summed E-state index contributed by atoms with van der Waals surface area (Å²) in [6, 6.07) is 23.9. The summed E-state index contributed by atoms with van der Waals surface area (Å²) in [5, 5.41) is 1.97. The van der Waals surface area contributed by atoms with E-state index in [1.54, 1.807) is 0 Å². The molecule has 1 amide bonds. The summed E-state index contributed by atoms with van der Waals surface area (Å²) in [4.78, 5) is 32.0. The van der Waals surface area contributed by atoms with Crippen LogP contribution in [0.2, 0.25) is 0 Å². The molecule has 0 aliphatic carbocycles. The van der Waals surface area contributed by atoms with Gasteiger partial charge in [0.25, 0.3) is 5.91 Å². The maximum Gasteiger partial charge on any atom is 0.306 e.